The van der Waals surface area contributed by atoms with Crippen molar-refractivity contribution < 1.29 is 92.8 Å². The van der Waals surface area contributed by atoms with Crippen molar-refractivity contribution >= 4 is 11.9 Å². The minimum Gasteiger partial charge on any atom is -0.462 e. The summed E-state index contributed by atoms with van der Waals surface area (Å²) in [4.78, 5) is 26.0. The van der Waals surface area contributed by atoms with Crippen LogP contribution in [0.1, 0.15) is 79.1 Å². The number of nitrogens with two attached hydrogens (primary N) is 1. The first-order chi connectivity index (χ1) is 32.8. The minimum absolute atomic E-state index is 0.161. The van der Waals surface area contributed by atoms with Gasteiger partial charge < -0.3 is 81.1 Å². The van der Waals surface area contributed by atoms with E-state index in [4.69, 9.17) is 24.7 Å². The fourth-order valence-electron chi connectivity index (χ4n) is 8.29. The SMILES string of the molecule is C[C@@H]1OC(=O)CC(O)CC(O)CCC(O)C(O)CC(O)CC2(O)C[C@H](O)C(C(=O)NCC(F)(F)F)[C@H](CC(O[C@@H]3O[C@H](C)C(O)[C@H](N)C3O)/C=C/C=C/C=C/C=C/C=C/C=C/C=C/[C@H](C)C(O)[C@H]1C)O2. The van der Waals surface area contributed by atoms with Gasteiger partial charge in [0.1, 0.15) is 18.8 Å². The monoisotopic (exact) mass is 1000 g/mol. The Morgan fingerprint density at radius 3 is 1.87 bits per heavy atom. The van der Waals surface area contributed by atoms with E-state index in [-0.39, 0.29) is 25.2 Å². The molecule has 3 aliphatic heterocycles. The smallest absolute Gasteiger partial charge is 0.405 e. The van der Waals surface area contributed by atoms with E-state index in [9.17, 15) is 73.8 Å². The second kappa shape index (κ2) is 29.2. The molecule has 0 saturated carbocycles. The van der Waals surface area contributed by atoms with Crippen molar-refractivity contribution in [2.75, 3.05) is 6.54 Å². The number of esters is 1. The Kier molecular flexibility index (Phi) is 25.3. The van der Waals surface area contributed by atoms with Gasteiger partial charge in [0.05, 0.1) is 85.5 Å². The maximum Gasteiger partial charge on any atom is 0.405 e. The largest absolute Gasteiger partial charge is 0.462 e. The molecule has 0 radical (unpaired) electrons. The fraction of sp³-hybridized carbons (Fsp3) is 0.673. The lowest BCUT2D eigenvalue weighted by molar-refractivity contribution is -0.307. The Morgan fingerprint density at radius 1 is 0.714 bits per heavy atom. The number of hydrogen-bond acceptors (Lipinski definition) is 17. The Hall–Kier alpha value is -3.65. The average molecular weight is 1010 g/mol. The van der Waals surface area contributed by atoms with Crippen molar-refractivity contribution in [1.29, 1.82) is 0 Å². The van der Waals surface area contributed by atoms with Crippen LogP contribution in [0.2, 0.25) is 0 Å². The summed E-state index contributed by atoms with van der Waals surface area (Å²) in [5, 5.41) is 111. The number of allylic oxidation sites excluding steroid dienone is 12. The molecule has 21 heteroatoms. The molecule has 0 aliphatic carbocycles. The van der Waals surface area contributed by atoms with Gasteiger partial charge in [-0.2, -0.15) is 13.2 Å². The molecule has 1 amide bonds. The van der Waals surface area contributed by atoms with Crippen LogP contribution in [0.15, 0.2) is 85.1 Å². The van der Waals surface area contributed by atoms with Crippen molar-refractivity contribution in [2.24, 2.45) is 23.5 Å². The number of ether oxygens (including phenoxy) is 4. The highest BCUT2D eigenvalue weighted by molar-refractivity contribution is 5.80. The summed E-state index contributed by atoms with van der Waals surface area (Å²) in [6.07, 6.45) is -4.09. The zero-order chi connectivity index (χ0) is 52.3. The second-order valence-electron chi connectivity index (χ2n) is 18.6. The summed E-state index contributed by atoms with van der Waals surface area (Å²) in [6.45, 7) is 4.86. The number of nitrogens with one attached hydrogen (secondary N) is 1. The third-order valence-corrected chi connectivity index (χ3v) is 12.5. The molecule has 3 aliphatic rings. The molecule has 3 rings (SSSR count). The number of alkyl halides is 3. The topological polar surface area (TPSA) is 311 Å². The number of aliphatic hydroxyl groups is 10. The lowest BCUT2D eigenvalue weighted by Gasteiger charge is -2.46. The fourth-order valence-corrected chi connectivity index (χ4v) is 8.29. The second-order valence-corrected chi connectivity index (χ2v) is 18.6. The van der Waals surface area contributed by atoms with Gasteiger partial charge in [-0.15, -0.1) is 0 Å². The van der Waals surface area contributed by atoms with Gasteiger partial charge in [-0.05, 0) is 33.1 Å². The van der Waals surface area contributed by atoms with Gasteiger partial charge in [0.2, 0.25) is 5.91 Å². The number of rotatable bonds is 4. The first kappa shape index (κ1) is 60.7. The number of cyclic esters (lactones) is 1. The van der Waals surface area contributed by atoms with Gasteiger partial charge in [0, 0.05) is 37.5 Å². The standard InChI is InChI=1S/C49H75F3N2O16/c1-28-17-15-13-11-9-7-5-6-8-10-12-14-16-18-35(69-47-45(64)42(53)44(63)31(4)68-47)24-39-41(46(65)54-27-49(50,51)52)38(60)26-48(66,70-39)25-34(57)22-37(59)36(58)20-19-32(55)21-33(56)23-40(61)67-30(3)29(2)43(28)62/h5-18,28-39,41-45,47,55-60,62-64,66H,19-27,53H2,1-4H3,(H,54,65)/b6-5+,9-7+,10-8+,13-11+,14-12+,17-15+,18-16+/t28-,29-,30-,31+,32?,33?,34?,35?,36?,37?,38-,39-,41?,42-,43?,44?,45?,47-,48?/m0/s1. The van der Waals surface area contributed by atoms with E-state index in [0.717, 1.165) is 0 Å². The Morgan fingerprint density at radius 2 is 1.29 bits per heavy atom. The summed E-state index contributed by atoms with van der Waals surface area (Å²) in [5.41, 5.74) is 6.02. The maximum atomic E-state index is 13.3. The number of carbonyl (C=O) groups excluding carboxylic acids is 2. The van der Waals surface area contributed by atoms with Crippen molar-refractivity contribution in [3.05, 3.63) is 85.1 Å². The number of fused-ring (bicyclic) bond motifs is 2. The molecule has 2 saturated heterocycles. The molecular formula is C49H75F3N2O16. The molecule has 2 fully saturated rings. The Labute approximate surface area is 407 Å². The molecule has 0 spiro atoms. The molecule has 18 nitrogen and oxygen atoms in total. The molecule has 2 bridgehead atoms. The third-order valence-electron chi connectivity index (χ3n) is 12.5. The average Bonchev–Trinajstić information content (AvgIpc) is 3.26. The molecule has 0 aromatic heterocycles. The van der Waals surface area contributed by atoms with Gasteiger partial charge in [0.15, 0.2) is 12.1 Å². The minimum atomic E-state index is -4.84. The van der Waals surface area contributed by atoms with E-state index in [1.54, 1.807) is 92.1 Å². The van der Waals surface area contributed by atoms with Gasteiger partial charge in [-0.1, -0.05) is 98.9 Å². The number of halogens is 3. The number of amides is 1. The Balaban J connectivity index is 1.94. The van der Waals surface area contributed by atoms with Crippen LogP contribution in [0.25, 0.3) is 0 Å². The van der Waals surface area contributed by atoms with Crippen molar-refractivity contribution in [1.82, 2.24) is 5.32 Å². The van der Waals surface area contributed by atoms with Crippen LogP contribution in [0.5, 0.6) is 0 Å². The van der Waals surface area contributed by atoms with Crippen molar-refractivity contribution in [3.8, 4) is 0 Å². The van der Waals surface area contributed by atoms with Crippen LogP contribution in [0.4, 0.5) is 13.2 Å². The molecule has 0 aromatic carbocycles. The predicted octanol–water partition coefficient (Wildman–Crippen LogP) is 1.31. The molecule has 3 heterocycles. The summed E-state index contributed by atoms with van der Waals surface area (Å²) in [6, 6.07) is -1.23. The van der Waals surface area contributed by atoms with E-state index in [2.05, 4.69) is 0 Å². The van der Waals surface area contributed by atoms with E-state index in [1.165, 1.54) is 19.1 Å². The lowest BCUT2D eigenvalue weighted by Crippen LogP contribution is -2.62. The molecule has 19 atom stereocenters. The number of aliphatic hydroxyl groups excluding tert-OH is 9. The van der Waals surface area contributed by atoms with Crippen LogP contribution in [-0.2, 0) is 28.5 Å². The summed E-state index contributed by atoms with van der Waals surface area (Å²) < 4.78 is 62.9. The predicted molar refractivity (Wildman–Crippen MR) is 248 cm³/mol. The molecule has 11 unspecified atom stereocenters. The van der Waals surface area contributed by atoms with Crippen LogP contribution in [0, 0.1) is 17.8 Å². The quantitative estimate of drug-likeness (QED) is 0.177. The zero-order valence-corrected chi connectivity index (χ0v) is 40.0. The summed E-state index contributed by atoms with van der Waals surface area (Å²) in [5.74, 6) is -7.08. The van der Waals surface area contributed by atoms with Gasteiger partial charge >= 0.3 is 12.1 Å². The molecule has 13 N–H and O–H groups in total. The maximum absolute atomic E-state index is 13.3. The zero-order valence-electron chi connectivity index (χ0n) is 40.0. The molecular weight excluding hydrogens is 930 g/mol. The van der Waals surface area contributed by atoms with Gasteiger partial charge in [0.25, 0.3) is 0 Å². The van der Waals surface area contributed by atoms with Crippen molar-refractivity contribution in [2.45, 2.75) is 183 Å². The van der Waals surface area contributed by atoms with Gasteiger partial charge in [-0.25, -0.2) is 0 Å². The molecule has 0 aromatic rings. The highest BCUT2D eigenvalue weighted by Gasteiger charge is 2.51. The van der Waals surface area contributed by atoms with Gasteiger partial charge in [-0.3, -0.25) is 9.59 Å². The number of hydrogen-bond donors (Lipinski definition) is 12. The van der Waals surface area contributed by atoms with E-state index >= 15 is 0 Å². The van der Waals surface area contributed by atoms with Crippen LogP contribution in [0.3, 0.4) is 0 Å². The van der Waals surface area contributed by atoms with E-state index < -0.39 is 166 Å². The lowest BCUT2D eigenvalue weighted by atomic mass is 9.82. The van der Waals surface area contributed by atoms with Crippen LogP contribution in [-0.4, -0.2) is 173 Å². The van der Waals surface area contributed by atoms with Crippen LogP contribution >= 0.6 is 0 Å². The summed E-state index contributed by atoms with van der Waals surface area (Å²) >= 11 is 0. The van der Waals surface area contributed by atoms with E-state index in [1.807, 2.05) is 6.92 Å². The molecule has 70 heavy (non-hydrogen) atoms. The first-order valence-corrected chi connectivity index (χ1v) is 23.6. The molecule has 398 valence electrons. The first-order valence-electron chi connectivity index (χ1n) is 23.6. The number of carbonyl (C=O) groups is 2. The van der Waals surface area contributed by atoms with Crippen LogP contribution < -0.4 is 11.1 Å². The Bertz CT molecular complexity index is 1810. The van der Waals surface area contributed by atoms with E-state index in [0.29, 0.717) is 0 Å². The normalized spacial score (nSPS) is 43.3. The third kappa shape index (κ3) is 20.8. The van der Waals surface area contributed by atoms with Crippen molar-refractivity contribution in [3.63, 3.8) is 0 Å². The highest BCUT2D eigenvalue weighted by Crippen LogP contribution is 2.38. The summed E-state index contributed by atoms with van der Waals surface area (Å²) in [7, 11) is 0. The highest BCUT2D eigenvalue weighted by atomic mass is 19.4.